The molecule has 0 amide bonds. The summed E-state index contributed by atoms with van der Waals surface area (Å²) in [6.45, 7) is 8.33. The second-order valence-electron chi connectivity index (χ2n) is 12.5. The zero-order valence-electron chi connectivity index (χ0n) is 24.9. The van der Waals surface area contributed by atoms with Crippen molar-refractivity contribution in [3.8, 4) is 0 Å². The number of amidine groups is 5. The Balaban J connectivity index is 1.34. The molecule has 0 saturated carbocycles. The molecule has 2 aromatic rings. The van der Waals surface area contributed by atoms with Crippen molar-refractivity contribution < 1.29 is 4.80 Å². The number of rotatable bonds is 0. The van der Waals surface area contributed by atoms with Gasteiger partial charge in [-0.15, -0.1) is 0 Å². The molecule has 5 aliphatic heterocycles. The average molecular weight is 608 g/mol. The molecular formula is C35H31N8OSi+. The number of allylic oxidation sites excluding steroid dienone is 5. The zero-order chi connectivity index (χ0) is 30.7. The Morgan fingerprint density at radius 3 is 2.47 bits per heavy atom. The Morgan fingerprint density at radius 2 is 1.64 bits per heavy atom. The fraction of sp³-hybridized carbons (Fsp3) is 0.171. The van der Waals surface area contributed by atoms with E-state index in [0.29, 0.717) is 40.7 Å². The van der Waals surface area contributed by atoms with Crippen LogP contribution in [0.4, 0.5) is 0 Å². The van der Waals surface area contributed by atoms with Crippen molar-refractivity contribution in [2.45, 2.75) is 19.6 Å². The largest absolute Gasteiger partial charge is 0.633 e. The quantitative estimate of drug-likeness (QED) is 0.355. The molecule has 9 rings (SSSR count). The lowest BCUT2D eigenvalue weighted by molar-refractivity contribution is 0.292. The molecule has 220 valence electrons. The highest BCUT2D eigenvalue weighted by Gasteiger charge is 2.64. The predicted molar refractivity (Wildman–Crippen MR) is 182 cm³/mol. The van der Waals surface area contributed by atoms with Crippen molar-refractivity contribution in [3.63, 3.8) is 0 Å². The Kier molecular flexibility index (Phi) is 5.28. The van der Waals surface area contributed by atoms with E-state index in [1.165, 1.54) is 0 Å². The van der Waals surface area contributed by atoms with E-state index < -0.39 is 20.2 Å². The molecular weight excluding hydrogens is 577 g/mol. The van der Waals surface area contributed by atoms with E-state index in [9.17, 15) is 4.80 Å². The molecule has 0 radical (unpaired) electrons. The number of aliphatic imine (C=N–C) groups is 5. The van der Waals surface area contributed by atoms with Gasteiger partial charge in [-0.3, -0.25) is 9.13 Å². The highest BCUT2D eigenvalue weighted by atomic mass is 28.4. The monoisotopic (exact) mass is 607 g/mol. The fourth-order valence-corrected chi connectivity index (χ4v) is 10.2. The number of hydrogen-bond acceptors (Lipinski definition) is 7. The fourth-order valence-electron chi connectivity index (χ4n) is 7.50. The van der Waals surface area contributed by atoms with Crippen LogP contribution in [0.3, 0.4) is 0 Å². The van der Waals surface area contributed by atoms with E-state index in [0.717, 1.165) is 27.8 Å². The van der Waals surface area contributed by atoms with Crippen LogP contribution in [0, 0.1) is 17.3 Å². The van der Waals surface area contributed by atoms with Crippen LogP contribution in [-0.4, -0.2) is 57.9 Å². The van der Waals surface area contributed by atoms with Crippen LogP contribution in [0.5, 0.6) is 0 Å². The molecule has 2 aromatic carbocycles. The van der Waals surface area contributed by atoms with E-state index in [4.69, 9.17) is 30.7 Å². The molecule has 9 nitrogen and oxygen atoms in total. The van der Waals surface area contributed by atoms with Crippen LogP contribution < -0.4 is 5.73 Å². The van der Waals surface area contributed by atoms with E-state index >= 15 is 0 Å². The van der Waals surface area contributed by atoms with Gasteiger partial charge in [0.2, 0.25) is 0 Å². The van der Waals surface area contributed by atoms with Crippen LogP contribution in [0.25, 0.3) is 5.70 Å². The molecule has 5 atom stereocenters. The summed E-state index contributed by atoms with van der Waals surface area (Å²) in [7, 11) is -3.56. The van der Waals surface area contributed by atoms with Gasteiger partial charge in [-0.05, 0) is 6.92 Å². The van der Waals surface area contributed by atoms with Crippen molar-refractivity contribution in [2.75, 3.05) is 0 Å². The Morgan fingerprint density at radius 1 is 0.911 bits per heavy atom. The van der Waals surface area contributed by atoms with Gasteiger partial charge in [0.25, 0.3) is 0 Å². The molecule has 0 fully saturated rings. The number of nitrogens with two attached hydrogens (primary N) is 1. The van der Waals surface area contributed by atoms with Gasteiger partial charge in [0.05, 0.1) is 23.2 Å². The minimum atomic E-state index is -3.56. The van der Waals surface area contributed by atoms with Gasteiger partial charge in [-0.2, -0.15) is 0 Å². The van der Waals surface area contributed by atoms with E-state index in [1.807, 2.05) is 70.3 Å². The molecule has 5 heterocycles. The van der Waals surface area contributed by atoms with Crippen LogP contribution in [0.2, 0.25) is 6.55 Å². The summed E-state index contributed by atoms with van der Waals surface area (Å²) in [5.41, 5.74) is 11.9. The minimum absolute atomic E-state index is 0.0967. The summed E-state index contributed by atoms with van der Waals surface area (Å²) in [4.78, 5) is 36.2. The molecule has 45 heavy (non-hydrogen) atoms. The molecule has 7 aliphatic rings. The normalized spacial score (nSPS) is 32.5. The maximum absolute atomic E-state index is 10.4. The maximum atomic E-state index is 10.4. The summed E-state index contributed by atoms with van der Waals surface area (Å²) in [6.07, 6.45) is 16.1. The van der Waals surface area contributed by atoms with Crippen LogP contribution in [0.1, 0.15) is 29.2 Å². The minimum Gasteiger partial charge on any atom is -0.509 e. The van der Waals surface area contributed by atoms with Gasteiger partial charge >= 0.3 is 8.64 Å². The number of fused-ring (bicyclic) bond motifs is 10. The predicted octanol–water partition coefficient (Wildman–Crippen LogP) is 4.35. The lowest BCUT2D eigenvalue weighted by atomic mass is 9.75. The van der Waals surface area contributed by atoms with E-state index in [-0.39, 0.29) is 11.8 Å². The first-order valence-electron chi connectivity index (χ1n) is 15.1. The molecule has 5 unspecified atom stereocenters. The second kappa shape index (κ2) is 9.01. The Bertz CT molecular complexity index is 2070. The highest BCUT2D eigenvalue weighted by molar-refractivity contribution is 6.74. The summed E-state index contributed by atoms with van der Waals surface area (Å²) in [5, 5.41) is 0. The van der Waals surface area contributed by atoms with Crippen molar-refractivity contribution in [1.29, 1.82) is 0 Å². The van der Waals surface area contributed by atoms with Gasteiger partial charge in [0.1, 0.15) is 29.2 Å². The second-order valence-corrected chi connectivity index (χ2v) is 15.5. The first-order chi connectivity index (χ1) is 21.8. The first kappa shape index (κ1) is 26.4. The van der Waals surface area contributed by atoms with Gasteiger partial charge in [-0.25, -0.2) is 25.0 Å². The molecule has 2 aliphatic carbocycles. The third kappa shape index (κ3) is 3.47. The third-order valence-electron chi connectivity index (χ3n) is 9.80. The lowest BCUT2D eigenvalue weighted by Crippen LogP contribution is -2.69. The smallest absolute Gasteiger partial charge is 0.509 e. The summed E-state index contributed by atoms with van der Waals surface area (Å²) < 4.78 is 4.07. The topological polar surface area (TPSA) is 117 Å². The van der Waals surface area contributed by atoms with Crippen molar-refractivity contribution in [2.24, 2.45) is 47.9 Å². The number of benzene rings is 2. The SMILES string of the molecule is C=C1N=C(N=C2c3ccccc3C3=NC4=NC(=NC5=C6C=CC=CC6C(N)N5[Si](C)([OH2+])N23)C2C=CC=CC42C)c2ccccc21. The van der Waals surface area contributed by atoms with Gasteiger partial charge in [0, 0.05) is 40.3 Å². The average Bonchev–Trinajstić information content (AvgIpc) is 3.72. The molecule has 0 spiro atoms. The summed E-state index contributed by atoms with van der Waals surface area (Å²) in [5.74, 6) is 3.71. The summed E-state index contributed by atoms with van der Waals surface area (Å²) in [6, 6.07) is 16.1. The van der Waals surface area contributed by atoms with Gasteiger partial charge in [-0.1, -0.05) is 104 Å². The van der Waals surface area contributed by atoms with Crippen molar-refractivity contribution in [3.05, 3.63) is 137 Å². The van der Waals surface area contributed by atoms with Crippen molar-refractivity contribution in [1.82, 2.24) is 9.13 Å². The van der Waals surface area contributed by atoms with E-state index in [2.05, 4.69) is 56.0 Å². The van der Waals surface area contributed by atoms with E-state index in [1.54, 1.807) is 0 Å². The molecule has 0 aromatic heterocycles. The molecule has 0 saturated heterocycles. The van der Waals surface area contributed by atoms with Crippen LogP contribution in [0.15, 0.2) is 140 Å². The van der Waals surface area contributed by atoms with Crippen molar-refractivity contribution >= 4 is 43.5 Å². The first-order valence-corrected chi connectivity index (χ1v) is 17.5. The van der Waals surface area contributed by atoms with Crippen LogP contribution in [-0.2, 0) is 0 Å². The lowest BCUT2D eigenvalue weighted by Gasteiger charge is -2.38. The molecule has 2 bridgehead atoms. The third-order valence-corrected chi connectivity index (χ3v) is 12.5. The van der Waals surface area contributed by atoms with Gasteiger partial charge < -0.3 is 10.5 Å². The Hall–Kier alpha value is -5.03. The number of hydrogen-bond donors (Lipinski definition) is 1. The highest BCUT2D eigenvalue weighted by Crippen LogP contribution is 2.47. The van der Waals surface area contributed by atoms with Crippen LogP contribution >= 0.6 is 0 Å². The molecule has 10 heteroatoms. The zero-order valence-corrected chi connectivity index (χ0v) is 25.9. The maximum Gasteiger partial charge on any atom is 0.633 e. The molecule has 4 N–H and O–H groups in total. The Labute approximate surface area is 261 Å². The summed E-state index contributed by atoms with van der Waals surface area (Å²) >= 11 is 0. The van der Waals surface area contributed by atoms with Gasteiger partial charge in [0.15, 0.2) is 5.84 Å². The standard InChI is InChI=1S/C35H30N8OSi/c1-20-21-12-4-6-14-23(21)29(37-20)38-32-25-16-8-9-17-26(25)33-41-34-35(2)19-11-10-18-27(35)30(40-34)39-31-24-15-7-5-13-22(24)28(36)42(31)45(3,44)43(32)33/h4-19,22,27-28,44H,1,36H2,2-3H3/p+1. The number of nitrogens with zero attached hydrogens (tertiary/aromatic N) is 7.